The molecular weight excluding hydrogens is 291 g/mol. The van der Waals surface area contributed by atoms with Crippen LogP contribution in [0.4, 0.5) is 24.7 Å². The molecule has 2 aromatic heterocycles. The van der Waals surface area contributed by atoms with Crippen molar-refractivity contribution in [3.63, 3.8) is 0 Å². The number of pyridine rings is 1. The summed E-state index contributed by atoms with van der Waals surface area (Å²) in [7, 11) is 1.37. The van der Waals surface area contributed by atoms with E-state index in [0.717, 1.165) is 24.8 Å². The average molecular weight is 299 g/mol. The Labute approximate surface area is 116 Å². The zero-order valence-corrected chi connectivity index (χ0v) is 10.5. The molecule has 0 aliphatic heterocycles. The van der Waals surface area contributed by atoms with E-state index in [1.54, 1.807) is 0 Å². The first-order chi connectivity index (χ1) is 9.86. The van der Waals surface area contributed by atoms with E-state index in [1.807, 2.05) is 0 Å². The molecule has 2 heterocycles. The lowest BCUT2D eigenvalue weighted by molar-refractivity contribution is -0.383. The van der Waals surface area contributed by atoms with Gasteiger partial charge in [0.2, 0.25) is 5.82 Å². The predicted molar refractivity (Wildman–Crippen MR) is 66.5 cm³/mol. The Hall–Kier alpha value is -2.78. The molecule has 0 aliphatic carbocycles. The number of hydrogen-bond donors (Lipinski definition) is 1. The maximum absolute atomic E-state index is 13.0. The first-order valence-corrected chi connectivity index (χ1v) is 5.55. The van der Waals surface area contributed by atoms with Gasteiger partial charge in [-0.15, -0.1) is 0 Å². The lowest BCUT2D eigenvalue weighted by Gasteiger charge is -2.12. The van der Waals surface area contributed by atoms with E-state index in [4.69, 9.17) is 0 Å². The Morgan fingerprint density at radius 2 is 2.05 bits per heavy atom. The highest BCUT2D eigenvalue weighted by atomic mass is 19.4. The number of alkyl halides is 3. The molecule has 0 aliphatic rings. The van der Waals surface area contributed by atoms with Crippen molar-refractivity contribution >= 4 is 11.5 Å². The van der Waals surface area contributed by atoms with Crippen molar-refractivity contribution in [2.45, 2.75) is 6.18 Å². The summed E-state index contributed by atoms with van der Waals surface area (Å²) in [5.41, 5.74) is -2.62. The number of halogens is 3. The second-order valence-electron chi connectivity index (χ2n) is 3.85. The molecule has 0 spiro atoms. The molecule has 2 rings (SSSR count). The van der Waals surface area contributed by atoms with Crippen LogP contribution in [-0.2, 0) is 6.18 Å². The van der Waals surface area contributed by atoms with Crippen molar-refractivity contribution in [2.75, 3.05) is 12.4 Å². The predicted octanol–water partition coefficient (Wildman–Crippen LogP) is 2.51. The van der Waals surface area contributed by atoms with Gasteiger partial charge < -0.3 is 5.32 Å². The summed E-state index contributed by atoms with van der Waals surface area (Å²) in [6, 6.07) is 0.736. The van der Waals surface area contributed by atoms with Gasteiger partial charge in [-0.2, -0.15) is 13.2 Å². The second-order valence-corrected chi connectivity index (χ2v) is 3.85. The Morgan fingerprint density at radius 3 is 2.62 bits per heavy atom. The Balaban J connectivity index is 2.77. The van der Waals surface area contributed by atoms with Gasteiger partial charge in [-0.3, -0.25) is 15.1 Å². The standard InChI is InChI=1S/C11H8F3N5O2/c1-15-10-9(19(20)21)8(17-5-18-10)6-4-16-3-2-7(6)11(12,13)14/h2-5H,1H3,(H,15,17,18). The van der Waals surface area contributed by atoms with Crippen LogP contribution in [0.2, 0.25) is 0 Å². The van der Waals surface area contributed by atoms with Crippen molar-refractivity contribution in [1.29, 1.82) is 0 Å². The number of rotatable bonds is 3. The van der Waals surface area contributed by atoms with E-state index < -0.39 is 33.6 Å². The smallest absolute Gasteiger partial charge is 0.367 e. The molecule has 0 saturated heterocycles. The van der Waals surface area contributed by atoms with Crippen molar-refractivity contribution in [1.82, 2.24) is 15.0 Å². The normalized spacial score (nSPS) is 11.2. The minimum absolute atomic E-state index is 0.179. The SMILES string of the molecule is CNc1ncnc(-c2cnccc2C(F)(F)F)c1[N+](=O)[O-]. The number of hydrogen-bond acceptors (Lipinski definition) is 6. The summed E-state index contributed by atoms with van der Waals surface area (Å²) in [5, 5.41) is 13.6. The Morgan fingerprint density at radius 1 is 1.33 bits per heavy atom. The van der Waals surface area contributed by atoms with Crippen LogP contribution >= 0.6 is 0 Å². The number of nitro groups is 1. The Bertz CT molecular complexity index is 690. The number of anilines is 1. The van der Waals surface area contributed by atoms with Crippen LogP contribution in [0.1, 0.15) is 5.56 Å². The topological polar surface area (TPSA) is 93.8 Å². The van der Waals surface area contributed by atoms with E-state index in [-0.39, 0.29) is 5.82 Å². The molecule has 110 valence electrons. The van der Waals surface area contributed by atoms with Crippen molar-refractivity contribution in [3.05, 3.63) is 40.5 Å². The molecule has 0 radical (unpaired) electrons. The fourth-order valence-corrected chi connectivity index (χ4v) is 1.76. The van der Waals surface area contributed by atoms with Crippen molar-refractivity contribution < 1.29 is 18.1 Å². The highest BCUT2D eigenvalue weighted by Gasteiger charge is 2.36. The molecule has 2 aromatic rings. The maximum Gasteiger partial charge on any atom is 0.417 e. The summed E-state index contributed by atoms with van der Waals surface area (Å²) in [6.07, 6.45) is -1.89. The summed E-state index contributed by atoms with van der Waals surface area (Å²) in [6.45, 7) is 0. The van der Waals surface area contributed by atoms with E-state index in [2.05, 4.69) is 20.3 Å². The van der Waals surface area contributed by atoms with E-state index >= 15 is 0 Å². The molecule has 1 N–H and O–H groups in total. The van der Waals surface area contributed by atoms with Gasteiger partial charge in [0.25, 0.3) is 0 Å². The summed E-state index contributed by atoms with van der Waals surface area (Å²) in [5.74, 6) is -0.179. The van der Waals surface area contributed by atoms with Gasteiger partial charge in [-0.25, -0.2) is 9.97 Å². The number of nitrogens with zero attached hydrogens (tertiary/aromatic N) is 4. The average Bonchev–Trinajstić information content (AvgIpc) is 2.45. The van der Waals surface area contributed by atoms with Crippen LogP contribution in [0.25, 0.3) is 11.3 Å². The molecule has 10 heteroatoms. The van der Waals surface area contributed by atoms with Gasteiger partial charge in [0.15, 0.2) is 5.69 Å². The minimum Gasteiger partial charge on any atom is -0.367 e. The molecule has 0 atom stereocenters. The van der Waals surface area contributed by atoms with Crippen LogP contribution in [-0.4, -0.2) is 26.9 Å². The third kappa shape index (κ3) is 2.73. The van der Waals surface area contributed by atoms with E-state index in [1.165, 1.54) is 7.05 Å². The van der Waals surface area contributed by atoms with Gasteiger partial charge in [-0.1, -0.05) is 0 Å². The highest BCUT2D eigenvalue weighted by Crippen LogP contribution is 2.40. The minimum atomic E-state index is -4.68. The molecule has 0 bridgehead atoms. The largest absolute Gasteiger partial charge is 0.417 e. The summed E-state index contributed by atoms with van der Waals surface area (Å²) >= 11 is 0. The molecule has 0 fully saturated rings. The summed E-state index contributed by atoms with van der Waals surface area (Å²) in [4.78, 5) is 21.1. The summed E-state index contributed by atoms with van der Waals surface area (Å²) < 4.78 is 39.0. The lowest BCUT2D eigenvalue weighted by atomic mass is 10.1. The van der Waals surface area contributed by atoms with Crippen LogP contribution in [0.5, 0.6) is 0 Å². The lowest BCUT2D eigenvalue weighted by Crippen LogP contribution is -2.10. The van der Waals surface area contributed by atoms with Crippen molar-refractivity contribution in [3.8, 4) is 11.3 Å². The van der Waals surface area contributed by atoms with Gasteiger partial charge in [0, 0.05) is 25.0 Å². The fraction of sp³-hybridized carbons (Fsp3) is 0.182. The number of aromatic nitrogens is 3. The molecule has 0 aromatic carbocycles. The van der Waals surface area contributed by atoms with Gasteiger partial charge in [0.05, 0.1) is 10.5 Å². The molecule has 21 heavy (non-hydrogen) atoms. The van der Waals surface area contributed by atoms with E-state index in [9.17, 15) is 23.3 Å². The first-order valence-electron chi connectivity index (χ1n) is 5.55. The van der Waals surface area contributed by atoms with Gasteiger partial charge in [-0.05, 0) is 6.07 Å². The van der Waals surface area contributed by atoms with Gasteiger partial charge in [0.1, 0.15) is 6.33 Å². The highest BCUT2D eigenvalue weighted by molar-refractivity contribution is 5.78. The monoisotopic (exact) mass is 299 g/mol. The van der Waals surface area contributed by atoms with Crippen LogP contribution in [0, 0.1) is 10.1 Å². The van der Waals surface area contributed by atoms with Crippen molar-refractivity contribution in [2.24, 2.45) is 0 Å². The zero-order valence-electron chi connectivity index (χ0n) is 10.5. The molecular formula is C11H8F3N5O2. The quantitative estimate of drug-likeness (QED) is 0.691. The molecule has 7 nitrogen and oxygen atoms in total. The Kier molecular flexibility index (Phi) is 3.70. The third-order valence-electron chi connectivity index (χ3n) is 2.62. The fourth-order valence-electron chi connectivity index (χ4n) is 1.76. The molecule has 0 amide bonds. The zero-order chi connectivity index (χ0) is 15.6. The van der Waals surface area contributed by atoms with Crippen LogP contribution in [0.15, 0.2) is 24.8 Å². The third-order valence-corrected chi connectivity index (χ3v) is 2.62. The van der Waals surface area contributed by atoms with Gasteiger partial charge >= 0.3 is 11.9 Å². The number of nitrogens with one attached hydrogen (secondary N) is 1. The van der Waals surface area contributed by atoms with Crippen LogP contribution < -0.4 is 5.32 Å². The second kappa shape index (κ2) is 5.31. The molecule has 0 unspecified atom stereocenters. The van der Waals surface area contributed by atoms with E-state index in [0.29, 0.717) is 0 Å². The molecule has 0 saturated carbocycles. The first kappa shape index (κ1) is 14.6. The van der Waals surface area contributed by atoms with Crippen LogP contribution in [0.3, 0.4) is 0 Å². The maximum atomic E-state index is 13.0.